The zero-order chi connectivity index (χ0) is 14.7. The number of para-hydroxylation sites is 1. The van der Waals surface area contributed by atoms with E-state index in [0.717, 1.165) is 31.9 Å². The van der Waals surface area contributed by atoms with Crippen molar-refractivity contribution in [3.05, 3.63) is 53.9 Å². The van der Waals surface area contributed by atoms with Crippen molar-refractivity contribution in [1.82, 2.24) is 9.88 Å². The van der Waals surface area contributed by atoms with E-state index in [1.807, 2.05) is 0 Å². The second-order valence-electron chi connectivity index (χ2n) is 6.06. The quantitative estimate of drug-likeness (QED) is 0.908. The van der Waals surface area contributed by atoms with Crippen LogP contribution >= 0.6 is 0 Å². The Morgan fingerprint density at radius 3 is 2.95 bits per heavy atom. The van der Waals surface area contributed by atoms with Gasteiger partial charge in [-0.05, 0) is 30.2 Å². The standard InChI is InChI=1S/C18H24N2O/c1-14(2)19-12-16-6-5-10-20(16)13-15-9-11-21-18-8-4-3-7-17(15)18/h3-8,10,14-15,19H,9,11-13H2,1-2H3. The highest BCUT2D eigenvalue weighted by molar-refractivity contribution is 5.37. The average Bonchev–Trinajstić information content (AvgIpc) is 2.93. The van der Waals surface area contributed by atoms with Gasteiger partial charge in [0.05, 0.1) is 6.61 Å². The largest absolute Gasteiger partial charge is 0.493 e. The van der Waals surface area contributed by atoms with E-state index >= 15 is 0 Å². The predicted octanol–water partition coefficient (Wildman–Crippen LogP) is 3.55. The fourth-order valence-electron chi connectivity index (χ4n) is 2.94. The van der Waals surface area contributed by atoms with Crippen molar-refractivity contribution >= 4 is 0 Å². The van der Waals surface area contributed by atoms with E-state index in [2.05, 4.69) is 66.3 Å². The Morgan fingerprint density at radius 1 is 1.24 bits per heavy atom. The van der Waals surface area contributed by atoms with E-state index in [9.17, 15) is 0 Å². The Labute approximate surface area is 126 Å². The molecule has 1 unspecified atom stereocenters. The Kier molecular flexibility index (Phi) is 4.30. The number of hydrogen-bond acceptors (Lipinski definition) is 2. The molecule has 0 saturated carbocycles. The van der Waals surface area contributed by atoms with Gasteiger partial charge in [0.2, 0.25) is 0 Å². The van der Waals surface area contributed by atoms with Crippen LogP contribution in [0.1, 0.15) is 37.4 Å². The van der Waals surface area contributed by atoms with Gasteiger partial charge in [0, 0.05) is 36.9 Å². The lowest BCUT2D eigenvalue weighted by molar-refractivity contribution is 0.258. The highest BCUT2D eigenvalue weighted by Crippen LogP contribution is 2.34. The van der Waals surface area contributed by atoms with Gasteiger partial charge in [0.1, 0.15) is 5.75 Å². The second-order valence-corrected chi connectivity index (χ2v) is 6.06. The highest BCUT2D eigenvalue weighted by atomic mass is 16.5. The van der Waals surface area contributed by atoms with Crippen LogP contribution in [0.15, 0.2) is 42.6 Å². The van der Waals surface area contributed by atoms with E-state index in [1.165, 1.54) is 11.3 Å². The smallest absolute Gasteiger partial charge is 0.122 e. The van der Waals surface area contributed by atoms with Crippen molar-refractivity contribution in [3.63, 3.8) is 0 Å². The molecule has 0 radical (unpaired) electrons. The molecule has 3 nitrogen and oxygen atoms in total. The van der Waals surface area contributed by atoms with E-state index < -0.39 is 0 Å². The van der Waals surface area contributed by atoms with Crippen LogP contribution < -0.4 is 10.1 Å². The monoisotopic (exact) mass is 284 g/mol. The Balaban J connectivity index is 1.75. The minimum Gasteiger partial charge on any atom is -0.493 e. The van der Waals surface area contributed by atoms with Crippen LogP contribution in [0, 0.1) is 0 Å². The van der Waals surface area contributed by atoms with Crippen LogP contribution in [0.3, 0.4) is 0 Å². The molecule has 0 saturated heterocycles. The number of benzene rings is 1. The van der Waals surface area contributed by atoms with E-state index in [4.69, 9.17) is 4.74 Å². The zero-order valence-corrected chi connectivity index (χ0v) is 12.9. The van der Waals surface area contributed by atoms with Gasteiger partial charge in [0.15, 0.2) is 0 Å². The van der Waals surface area contributed by atoms with Gasteiger partial charge in [-0.1, -0.05) is 32.0 Å². The normalized spacial score (nSPS) is 17.6. The van der Waals surface area contributed by atoms with Gasteiger partial charge in [-0.15, -0.1) is 0 Å². The Hall–Kier alpha value is -1.74. The summed E-state index contributed by atoms with van der Waals surface area (Å²) in [5.41, 5.74) is 2.70. The summed E-state index contributed by atoms with van der Waals surface area (Å²) in [7, 11) is 0. The molecule has 0 amide bonds. The van der Waals surface area contributed by atoms with E-state index in [-0.39, 0.29) is 0 Å². The number of ether oxygens (including phenoxy) is 1. The third-order valence-corrected chi connectivity index (χ3v) is 4.11. The molecule has 0 fully saturated rings. The molecule has 3 heteroatoms. The summed E-state index contributed by atoms with van der Waals surface area (Å²) in [4.78, 5) is 0. The fourth-order valence-corrected chi connectivity index (χ4v) is 2.94. The van der Waals surface area contributed by atoms with Crippen LogP contribution in [0.4, 0.5) is 0 Å². The van der Waals surface area contributed by atoms with Crippen molar-refractivity contribution in [2.45, 2.75) is 45.3 Å². The summed E-state index contributed by atoms with van der Waals surface area (Å²) in [6, 6.07) is 13.3. The molecule has 1 aliphatic heterocycles. The maximum atomic E-state index is 5.76. The lowest BCUT2D eigenvalue weighted by Gasteiger charge is -2.27. The molecule has 2 aromatic rings. The molecule has 21 heavy (non-hydrogen) atoms. The third kappa shape index (κ3) is 3.30. The molecule has 1 aliphatic rings. The van der Waals surface area contributed by atoms with Gasteiger partial charge < -0.3 is 14.6 Å². The van der Waals surface area contributed by atoms with Crippen molar-refractivity contribution in [2.24, 2.45) is 0 Å². The number of nitrogens with one attached hydrogen (secondary N) is 1. The molecular weight excluding hydrogens is 260 g/mol. The average molecular weight is 284 g/mol. The second kappa shape index (κ2) is 6.35. The number of hydrogen-bond donors (Lipinski definition) is 1. The minimum absolute atomic E-state index is 0.511. The fraction of sp³-hybridized carbons (Fsp3) is 0.444. The molecule has 2 heterocycles. The zero-order valence-electron chi connectivity index (χ0n) is 12.9. The summed E-state index contributed by atoms with van der Waals surface area (Å²) in [5.74, 6) is 1.60. The van der Waals surface area contributed by atoms with Crippen molar-refractivity contribution in [3.8, 4) is 5.75 Å². The summed E-state index contributed by atoms with van der Waals surface area (Å²) < 4.78 is 8.14. The molecular formula is C18H24N2O. The van der Waals surface area contributed by atoms with Gasteiger partial charge in [-0.3, -0.25) is 0 Å². The lowest BCUT2D eigenvalue weighted by atomic mass is 9.93. The molecule has 1 aromatic carbocycles. The number of aromatic nitrogens is 1. The van der Waals surface area contributed by atoms with Crippen LogP contribution in [-0.4, -0.2) is 17.2 Å². The van der Waals surface area contributed by atoms with Crippen molar-refractivity contribution < 1.29 is 4.74 Å². The van der Waals surface area contributed by atoms with Gasteiger partial charge >= 0.3 is 0 Å². The lowest BCUT2D eigenvalue weighted by Crippen LogP contribution is -2.24. The topological polar surface area (TPSA) is 26.2 Å². The summed E-state index contributed by atoms with van der Waals surface area (Å²) in [6.07, 6.45) is 3.28. The number of fused-ring (bicyclic) bond motifs is 1. The maximum absolute atomic E-state index is 5.76. The molecule has 3 rings (SSSR count). The van der Waals surface area contributed by atoms with E-state index in [0.29, 0.717) is 12.0 Å². The third-order valence-electron chi connectivity index (χ3n) is 4.11. The van der Waals surface area contributed by atoms with Crippen LogP contribution in [-0.2, 0) is 13.1 Å². The van der Waals surface area contributed by atoms with Crippen LogP contribution in [0.5, 0.6) is 5.75 Å². The summed E-state index contributed by atoms with van der Waals surface area (Å²) >= 11 is 0. The Morgan fingerprint density at radius 2 is 2.10 bits per heavy atom. The summed E-state index contributed by atoms with van der Waals surface area (Å²) in [6.45, 7) is 7.14. The van der Waals surface area contributed by atoms with Gasteiger partial charge in [0.25, 0.3) is 0 Å². The highest BCUT2D eigenvalue weighted by Gasteiger charge is 2.21. The van der Waals surface area contributed by atoms with Gasteiger partial charge in [-0.2, -0.15) is 0 Å². The SMILES string of the molecule is CC(C)NCc1cccn1CC1CCOc2ccccc21. The van der Waals surface area contributed by atoms with Gasteiger partial charge in [-0.25, -0.2) is 0 Å². The Bertz CT molecular complexity index is 588. The molecule has 0 bridgehead atoms. The first kappa shape index (κ1) is 14.2. The molecule has 1 atom stereocenters. The molecule has 1 aromatic heterocycles. The minimum atomic E-state index is 0.511. The van der Waals surface area contributed by atoms with Crippen LogP contribution in [0.2, 0.25) is 0 Å². The first-order valence-corrected chi connectivity index (χ1v) is 7.83. The number of rotatable bonds is 5. The first-order chi connectivity index (χ1) is 10.2. The van der Waals surface area contributed by atoms with E-state index in [1.54, 1.807) is 0 Å². The molecule has 1 N–H and O–H groups in total. The summed E-state index contributed by atoms with van der Waals surface area (Å²) in [5, 5.41) is 3.50. The van der Waals surface area contributed by atoms with Crippen LogP contribution in [0.25, 0.3) is 0 Å². The number of nitrogens with zero attached hydrogens (tertiary/aromatic N) is 1. The van der Waals surface area contributed by atoms with Crippen molar-refractivity contribution in [2.75, 3.05) is 6.61 Å². The molecule has 0 spiro atoms. The van der Waals surface area contributed by atoms with Crippen molar-refractivity contribution in [1.29, 1.82) is 0 Å². The molecule has 112 valence electrons. The predicted molar refractivity (Wildman–Crippen MR) is 85.7 cm³/mol. The molecule has 0 aliphatic carbocycles. The maximum Gasteiger partial charge on any atom is 0.122 e. The first-order valence-electron chi connectivity index (χ1n) is 7.83.